The topological polar surface area (TPSA) is 56.6 Å². The van der Waals surface area contributed by atoms with E-state index in [-0.39, 0.29) is 17.8 Å². The number of phenolic OH excluding ortho intramolecular Hbond substituents is 1. The van der Waals surface area contributed by atoms with Crippen LogP contribution in [-0.2, 0) is 0 Å². The maximum atomic E-state index is 10.7. The van der Waals surface area contributed by atoms with E-state index in [1.807, 2.05) is 48.7 Å². The molecule has 2 N–H and O–H groups in total. The lowest BCUT2D eigenvalue weighted by atomic mass is 9.91. The van der Waals surface area contributed by atoms with Crippen molar-refractivity contribution in [1.82, 2.24) is 14.9 Å². The van der Waals surface area contributed by atoms with Crippen molar-refractivity contribution >= 4 is 40.3 Å². The summed E-state index contributed by atoms with van der Waals surface area (Å²) in [5.41, 5.74) is 6.83. The van der Waals surface area contributed by atoms with Gasteiger partial charge >= 0.3 is 0 Å². The van der Waals surface area contributed by atoms with Gasteiger partial charge in [-0.05, 0) is 98.4 Å². The number of pyridine rings is 1. The minimum atomic E-state index is -0.180. The standard InChI is InChI=1S/C33H36ClN5OS/c1-20-15-21(2)19-37(18-20)28-13-12-24(17-26(28)34)39-32(31(36-33(39)41)27-9-7-8-14-35-27)25-16-22(3)38(23(25)4)29-10-5-6-11-30(29)40/h5-14,16-17,20-21,31-32,40H,15,18-19H2,1-4H3,(H,36,41)/t20-,21+,31-,32+/m0/s1. The molecule has 0 spiro atoms. The predicted octanol–water partition coefficient (Wildman–Crippen LogP) is 7.51. The van der Waals surface area contributed by atoms with Crippen LogP contribution in [0.2, 0.25) is 5.02 Å². The number of rotatable bonds is 5. The number of aromatic hydroxyl groups is 1. The van der Waals surface area contributed by atoms with Crippen LogP contribution in [0.4, 0.5) is 11.4 Å². The third-order valence-electron chi connectivity index (χ3n) is 8.43. The maximum absolute atomic E-state index is 10.7. The predicted molar refractivity (Wildman–Crippen MR) is 171 cm³/mol. The summed E-state index contributed by atoms with van der Waals surface area (Å²) >= 11 is 13.0. The fourth-order valence-electron chi connectivity index (χ4n) is 6.82. The average molecular weight is 586 g/mol. The van der Waals surface area contributed by atoms with E-state index in [1.54, 1.807) is 6.07 Å². The van der Waals surface area contributed by atoms with E-state index in [4.69, 9.17) is 28.8 Å². The molecule has 0 unspecified atom stereocenters. The number of benzene rings is 2. The van der Waals surface area contributed by atoms with Crippen LogP contribution in [0.1, 0.15) is 55.0 Å². The molecule has 8 heteroatoms. The first kappa shape index (κ1) is 27.6. The molecule has 4 heterocycles. The number of aryl methyl sites for hydroxylation is 1. The van der Waals surface area contributed by atoms with Crippen LogP contribution in [0.5, 0.6) is 5.75 Å². The molecule has 2 aromatic carbocycles. The molecule has 2 fully saturated rings. The van der Waals surface area contributed by atoms with Gasteiger partial charge in [0, 0.05) is 36.4 Å². The van der Waals surface area contributed by atoms with Gasteiger partial charge in [0.15, 0.2) is 5.11 Å². The Labute approximate surface area is 252 Å². The van der Waals surface area contributed by atoms with Gasteiger partial charge in [-0.2, -0.15) is 0 Å². The minimum Gasteiger partial charge on any atom is -0.506 e. The SMILES string of the molecule is Cc1cc([C@@H]2[C@H](c3ccccn3)NC(=S)N2c2ccc(N3C[C@H](C)C[C@H](C)C3)c(Cl)c2)c(C)n1-c1ccccc1O. The van der Waals surface area contributed by atoms with Crippen molar-refractivity contribution in [1.29, 1.82) is 0 Å². The monoisotopic (exact) mass is 585 g/mol. The number of phenols is 1. The molecule has 0 saturated carbocycles. The summed E-state index contributed by atoms with van der Waals surface area (Å²) in [4.78, 5) is 9.29. The van der Waals surface area contributed by atoms with Crippen LogP contribution in [0.15, 0.2) is 72.9 Å². The molecule has 6 rings (SSSR count). The smallest absolute Gasteiger partial charge is 0.174 e. The lowest BCUT2D eigenvalue weighted by molar-refractivity contribution is 0.357. The van der Waals surface area contributed by atoms with E-state index in [9.17, 15) is 5.11 Å². The molecule has 6 nitrogen and oxygen atoms in total. The number of anilines is 2. The number of aromatic nitrogens is 2. The number of nitrogens with one attached hydrogen (secondary N) is 1. The summed E-state index contributed by atoms with van der Waals surface area (Å²) in [5, 5.41) is 15.6. The largest absolute Gasteiger partial charge is 0.506 e. The highest BCUT2D eigenvalue weighted by Crippen LogP contribution is 2.45. The zero-order valence-corrected chi connectivity index (χ0v) is 25.5. The van der Waals surface area contributed by atoms with Gasteiger partial charge in [-0.25, -0.2) is 0 Å². The van der Waals surface area contributed by atoms with E-state index < -0.39 is 0 Å². The summed E-state index contributed by atoms with van der Waals surface area (Å²) in [6.45, 7) is 10.8. The first-order valence-corrected chi connectivity index (χ1v) is 15.0. The molecule has 4 atom stereocenters. The van der Waals surface area contributed by atoms with Crippen LogP contribution in [0.25, 0.3) is 5.69 Å². The highest BCUT2D eigenvalue weighted by Gasteiger charge is 2.42. The Morgan fingerprint density at radius 2 is 1.68 bits per heavy atom. The van der Waals surface area contributed by atoms with E-state index in [0.717, 1.165) is 57.8 Å². The summed E-state index contributed by atoms with van der Waals surface area (Å²) in [5.74, 6) is 1.50. The number of hydrogen-bond donors (Lipinski definition) is 2. The summed E-state index contributed by atoms with van der Waals surface area (Å²) < 4.78 is 2.11. The number of para-hydroxylation sites is 2. The quantitative estimate of drug-likeness (QED) is 0.236. The molecule has 0 bridgehead atoms. The van der Waals surface area contributed by atoms with Gasteiger partial charge in [0.2, 0.25) is 0 Å². The van der Waals surface area contributed by atoms with Crippen LogP contribution < -0.4 is 15.1 Å². The lowest BCUT2D eigenvalue weighted by Crippen LogP contribution is -2.38. The van der Waals surface area contributed by atoms with Gasteiger partial charge in [-0.1, -0.05) is 43.6 Å². The number of halogens is 1. The van der Waals surface area contributed by atoms with Crippen molar-refractivity contribution in [3.8, 4) is 11.4 Å². The Hall–Kier alpha value is -3.55. The van der Waals surface area contributed by atoms with Crippen LogP contribution >= 0.6 is 23.8 Å². The molecule has 2 aliphatic heterocycles. The van der Waals surface area contributed by atoms with Crippen LogP contribution in [0, 0.1) is 25.7 Å². The maximum Gasteiger partial charge on any atom is 0.174 e. The summed E-state index contributed by atoms with van der Waals surface area (Å²) in [6.07, 6.45) is 3.06. The Kier molecular flexibility index (Phi) is 7.43. The number of hydrogen-bond acceptors (Lipinski definition) is 4. The lowest BCUT2D eigenvalue weighted by Gasteiger charge is -2.37. The molecule has 0 radical (unpaired) electrons. The van der Waals surface area contributed by atoms with Gasteiger partial charge in [-0.3, -0.25) is 4.98 Å². The van der Waals surface area contributed by atoms with Gasteiger partial charge in [0.05, 0.1) is 34.2 Å². The van der Waals surface area contributed by atoms with Gasteiger partial charge in [0.1, 0.15) is 5.75 Å². The molecular weight excluding hydrogens is 550 g/mol. The van der Waals surface area contributed by atoms with Crippen LogP contribution in [-0.4, -0.2) is 32.9 Å². The van der Waals surface area contributed by atoms with Crippen molar-refractivity contribution < 1.29 is 5.11 Å². The molecule has 4 aromatic rings. The zero-order valence-electron chi connectivity index (χ0n) is 23.9. The number of piperidine rings is 1. The highest BCUT2D eigenvalue weighted by atomic mass is 35.5. The molecular formula is C33H36ClN5OS. The molecule has 212 valence electrons. The minimum absolute atomic E-state index is 0.177. The van der Waals surface area contributed by atoms with Crippen molar-refractivity contribution in [3.63, 3.8) is 0 Å². The first-order chi connectivity index (χ1) is 19.7. The Morgan fingerprint density at radius 1 is 0.951 bits per heavy atom. The summed E-state index contributed by atoms with van der Waals surface area (Å²) in [6, 6.07) is 21.6. The van der Waals surface area contributed by atoms with Gasteiger partial charge < -0.3 is 24.8 Å². The zero-order chi connectivity index (χ0) is 28.8. The van der Waals surface area contributed by atoms with Crippen molar-refractivity contribution in [2.75, 3.05) is 22.9 Å². The first-order valence-electron chi connectivity index (χ1n) is 14.2. The van der Waals surface area contributed by atoms with Crippen molar-refractivity contribution in [3.05, 3.63) is 101 Å². The second-order valence-electron chi connectivity index (χ2n) is 11.6. The molecule has 2 aromatic heterocycles. The Morgan fingerprint density at radius 3 is 2.37 bits per heavy atom. The van der Waals surface area contributed by atoms with E-state index >= 15 is 0 Å². The van der Waals surface area contributed by atoms with E-state index in [2.05, 4.69) is 65.6 Å². The number of nitrogens with zero attached hydrogens (tertiary/aromatic N) is 4. The van der Waals surface area contributed by atoms with Crippen LogP contribution in [0.3, 0.4) is 0 Å². The molecule has 2 aliphatic rings. The molecule has 0 aliphatic carbocycles. The highest BCUT2D eigenvalue weighted by molar-refractivity contribution is 7.80. The molecule has 0 amide bonds. The van der Waals surface area contributed by atoms with Crippen molar-refractivity contribution in [2.24, 2.45) is 11.8 Å². The Bertz CT molecular complexity index is 1580. The Balaban J connectivity index is 1.45. The second-order valence-corrected chi connectivity index (χ2v) is 12.4. The second kappa shape index (κ2) is 11.0. The third-order valence-corrected chi connectivity index (χ3v) is 9.05. The fourth-order valence-corrected chi connectivity index (χ4v) is 7.46. The van der Waals surface area contributed by atoms with Gasteiger partial charge in [-0.15, -0.1) is 0 Å². The normalized spacial score (nSPS) is 22.7. The number of thiocarbonyl (C=S) groups is 1. The third kappa shape index (κ3) is 5.06. The van der Waals surface area contributed by atoms with E-state index in [0.29, 0.717) is 16.9 Å². The molecule has 2 saturated heterocycles. The van der Waals surface area contributed by atoms with E-state index in [1.165, 1.54) is 6.42 Å². The van der Waals surface area contributed by atoms with Gasteiger partial charge in [0.25, 0.3) is 0 Å². The summed E-state index contributed by atoms with van der Waals surface area (Å²) in [7, 11) is 0. The molecule has 41 heavy (non-hydrogen) atoms. The fraction of sp³-hybridized carbons (Fsp3) is 0.333. The van der Waals surface area contributed by atoms with Crippen molar-refractivity contribution in [2.45, 2.75) is 46.2 Å². The average Bonchev–Trinajstić information content (AvgIpc) is 3.43.